The van der Waals surface area contributed by atoms with Gasteiger partial charge in [-0.25, -0.2) is 0 Å². The van der Waals surface area contributed by atoms with Crippen molar-refractivity contribution in [2.75, 3.05) is 11.9 Å². The van der Waals surface area contributed by atoms with Crippen LogP contribution in [0.1, 0.15) is 30.9 Å². The summed E-state index contributed by atoms with van der Waals surface area (Å²) in [5.41, 5.74) is 3.49. The molecular weight excluding hydrogens is 186 g/mol. The highest BCUT2D eigenvalue weighted by atomic mass is 16.2. The molecule has 1 amide bonds. The third kappa shape index (κ3) is 1.36. The molecule has 1 heterocycles. The van der Waals surface area contributed by atoms with Gasteiger partial charge in [-0.1, -0.05) is 32.0 Å². The first-order valence-corrected chi connectivity index (χ1v) is 5.41. The van der Waals surface area contributed by atoms with Gasteiger partial charge in [-0.05, 0) is 24.0 Å². The van der Waals surface area contributed by atoms with Crippen molar-refractivity contribution in [1.82, 2.24) is 0 Å². The Morgan fingerprint density at radius 3 is 2.60 bits per heavy atom. The van der Waals surface area contributed by atoms with Gasteiger partial charge in [0.15, 0.2) is 0 Å². The van der Waals surface area contributed by atoms with E-state index in [2.05, 4.69) is 32.9 Å². The van der Waals surface area contributed by atoms with E-state index < -0.39 is 0 Å². The Hall–Kier alpha value is -1.31. The number of anilines is 1. The average Bonchev–Trinajstić information content (AvgIpc) is 2.41. The van der Waals surface area contributed by atoms with Gasteiger partial charge in [-0.2, -0.15) is 0 Å². The van der Waals surface area contributed by atoms with Crippen LogP contribution in [-0.4, -0.2) is 13.0 Å². The van der Waals surface area contributed by atoms with Gasteiger partial charge >= 0.3 is 0 Å². The predicted octanol–water partition coefficient (Wildman–Crippen LogP) is 2.71. The van der Waals surface area contributed by atoms with Gasteiger partial charge in [0, 0.05) is 7.05 Å². The number of aryl methyl sites for hydroxylation is 1. The van der Waals surface area contributed by atoms with Crippen LogP contribution in [0.2, 0.25) is 0 Å². The van der Waals surface area contributed by atoms with Crippen LogP contribution in [0.3, 0.4) is 0 Å². The largest absolute Gasteiger partial charge is 0.314 e. The number of amides is 1. The second kappa shape index (κ2) is 3.37. The van der Waals surface area contributed by atoms with E-state index in [-0.39, 0.29) is 11.8 Å². The highest BCUT2D eigenvalue weighted by Gasteiger charge is 2.37. The van der Waals surface area contributed by atoms with Crippen LogP contribution in [-0.2, 0) is 4.79 Å². The van der Waals surface area contributed by atoms with Crippen LogP contribution < -0.4 is 4.90 Å². The van der Waals surface area contributed by atoms with E-state index in [1.807, 2.05) is 13.1 Å². The Morgan fingerprint density at radius 1 is 1.33 bits per heavy atom. The van der Waals surface area contributed by atoms with E-state index in [0.29, 0.717) is 5.92 Å². The first kappa shape index (κ1) is 10.2. The molecule has 0 bridgehead atoms. The van der Waals surface area contributed by atoms with Crippen molar-refractivity contribution in [1.29, 1.82) is 0 Å². The SMILES string of the molecule is Cc1cccc2c1N(C)C(=O)C2C(C)C. The van der Waals surface area contributed by atoms with Gasteiger partial charge in [0.1, 0.15) is 0 Å². The van der Waals surface area contributed by atoms with Crippen LogP contribution in [0.15, 0.2) is 18.2 Å². The normalized spacial score (nSPS) is 19.9. The van der Waals surface area contributed by atoms with E-state index in [4.69, 9.17) is 0 Å². The van der Waals surface area contributed by atoms with Gasteiger partial charge in [-0.15, -0.1) is 0 Å². The summed E-state index contributed by atoms with van der Waals surface area (Å²) in [6.45, 7) is 6.27. The molecule has 0 spiro atoms. The van der Waals surface area contributed by atoms with E-state index >= 15 is 0 Å². The monoisotopic (exact) mass is 203 g/mol. The molecule has 2 nitrogen and oxygen atoms in total. The molecule has 1 aliphatic heterocycles. The summed E-state index contributed by atoms with van der Waals surface area (Å²) in [7, 11) is 1.87. The molecule has 1 aromatic carbocycles. The highest BCUT2D eigenvalue weighted by Crippen LogP contribution is 2.41. The minimum absolute atomic E-state index is 0.0462. The summed E-state index contributed by atoms with van der Waals surface area (Å²) < 4.78 is 0. The zero-order valence-electron chi connectivity index (χ0n) is 9.74. The van der Waals surface area contributed by atoms with Gasteiger partial charge in [-0.3, -0.25) is 4.79 Å². The van der Waals surface area contributed by atoms with Crippen LogP contribution in [0.5, 0.6) is 0 Å². The number of carbonyl (C=O) groups is 1. The van der Waals surface area contributed by atoms with E-state index in [0.717, 1.165) is 5.69 Å². The van der Waals surface area contributed by atoms with Gasteiger partial charge < -0.3 is 4.90 Å². The minimum Gasteiger partial charge on any atom is -0.314 e. The Morgan fingerprint density at radius 2 is 2.00 bits per heavy atom. The number of nitrogens with zero attached hydrogens (tertiary/aromatic N) is 1. The third-order valence-electron chi connectivity index (χ3n) is 3.20. The second-order valence-electron chi connectivity index (χ2n) is 4.63. The number of carbonyl (C=O) groups excluding carboxylic acids is 1. The molecule has 1 unspecified atom stereocenters. The fourth-order valence-electron chi connectivity index (χ4n) is 2.49. The molecule has 0 aliphatic carbocycles. The zero-order chi connectivity index (χ0) is 11.2. The molecular formula is C13H17NO. The lowest BCUT2D eigenvalue weighted by Crippen LogP contribution is -2.26. The van der Waals surface area contributed by atoms with Crippen LogP contribution in [0.4, 0.5) is 5.69 Å². The van der Waals surface area contributed by atoms with Gasteiger partial charge in [0.05, 0.1) is 11.6 Å². The first-order chi connectivity index (χ1) is 7.04. The summed E-state index contributed by atoms with van der Waals surface area (Å²) in [6.07, 6.45) is 0. The molecule has 0 saturated heterocycles. The van der Waals surface area contributed by atoms with Crippen molar-refractivity contribution in [3.63, 3.8) is 0 Å². The number of hydrogen-bond acceptors (Lipinski definition) is 1. The van der Waals surface area contributed by atoms with Crippen LogP contribution in [0, 0.1) is 12.8 Å². The average molecular weight is 203 g/mol. The zero-order valence-corrected chi connectivity index (χ0v) is 9.74. The van der Waals surface area contributed by atoms with E-state index in [1.54, 1.807) is 4.90 Å². The summed E-state index contributed by atoms with van der Waals surface area (Å²) in [5, 5.41) is 0. The summed E-state index contributed by atoms with van der Waals surface area (Å²) in [4.78, 5) is 13.9. The summed E-state index contributed by atoms with van der Waals surface area (Å²) in [6, 6.07) is 6.18. The summed E-state index contributed by atoms with van der Waals surface area (Å²) >= 11 is 0. The maximum absolute atomic E-state index is 12.1. The smallest absolute Gasteiger partial charge is 0.234 e. The maximum Gasteiger partial charge on any atom is 0.234 e. The van der Waals surface area contributed by atoms with Crippen molar-refractivity contribution >= 4 is 11.6 Å². The van der Waals surface area contributed by atoms with Gasteiger partial charge in [0.25, 0.3) is 0 Å². The maximum atomic E-state index is 12.1. The number of para-hydroxylation sites is 1. The Labute approximate surface area is 90.9 Å². The minimum atomic E-state index is 0.0462. The lowest BCUT2D eigenvalue weighted by molar-refractivity contribution is -0.119. The molecule has 1 aliphatic rings. The van der Waals surface area contributed by atoms with Crippen LogP contribution >= 0.6 is 0 Å². The molecule has 0 radical (unpaired) electrons. The number of hydrogen-bond donors (Lipinski definition) is 0. The van der Waals surface area contributed by atoms with E-state index in [9.17, 15) is 4.79 Å². The van der Waals surface area contributed by atoms with Crippen molar-refractivity contribution in [3.05, 3.63) is 29.3 Å². The molecule has 1 atom stereocenters. The van der Waals surface area contributed by atoms with Crippen LogP contribution in [0.25, 0.3) is 0 Å². The molecule has 2 heteroatoms. The Bertz CT molecular complexity index is 409. The molecule has 0 fully saturated rings. The number of fused-ring (bicyclic) bond motifs is 1. The second-order valence-corrected chi connectivity index (χ2v) is 4.63. The van der Waals surface area contributed by atoms with Crippen molar-refractivity contribution in [2.24, 2.45) is 5.92 Å². The number of rotatable bonds is 1. The number of likely N-dealkylation sites (N-methyl/N-ethyl adjacent to an activating group) is 1. The fourth-order valence-corrected chi connectivity index (χ4v) is 2.49. The molecule has 2 rings (SSSR count). The molecule has 80 valence electrons. The van der Waals surface area contributed by atoms with Crippen molar-refractivity contribution < 1.29 is 4.79 Å². The molecule has 0 N–H and O–H groups in total. The lowest BCUT2D eigenvalue weighted by Gasteiger charge is -2.14. The molecule has 1 aromatic rings. The topological polar surface area (TPSA) is 20.3 Å². The predicted molar refractivity (Wildman–Crippen MR) is 62.2 cm³/mol. The fraction of sp³-hybridized carbons (Fsp3) is 0.462. The quantitative estimate of drug-likeness (QED) is 0.687. The van der Waals surface area contributed by atoms with Crippen molar-refractivity contribution in [2.45, 2.75) is 26.7 Å². The molecule has 0 aromatic heterocycles. The third-order valence-corrected chi connectivity index (χ3v) is 3.20. The molecule has 0 saturated carbocycles. The first-order valence-electron chi connectivity index (χ1n) is 5.41. The van der Waals surface area contributed by atoms with Crippen molar-refractivity contribution in [3.8, 4) is 0 Å². The van der Waals surface area contributed by atoms with Gasteiger partial charge in [0.2, 0.25) is 5.91 Å². The van der Waals surface area contributed by atoms with E-state index in [1.165, 1.54) is 11.1 Å². The number of benzene rings is 1. The standard InChI is InChI=1S/C13H17NO/c1-8(2)11-10-7-5-6-9(3)12(10)14(4)13(11)15/h5-8,11H,1-4H3. The highest BCUT2D eigenvalue weighted by molar-refractivity contribution is 6.05. The summed E-state index contributed by atoms with van der Waals surface area (Å²) in [5.74, 6) is 0.641. The Kier molecular flexibility index (Phi) is 2.29. The lowest BCUT2D eigenvalue weighted by atomic mass is 9.89. The molecule has 15 heavy (non-hydrogen) atoms. The Balaban J connectivity index is 2.60.